The van der Waals surface area contributed by atoms with E-state index >= 15 is 0 Å². The van der Waals surface area contributed by atoms with E-state index in [0.717, 1.165) is 17.2 Å². The molecule has 0 aliphatic carbocycles. The van der Waals surface area contributed by atoms with Crippen LogP contribution in [0.15, 0.2) is 35.7 Å². The molecule has 0 fully saturated rings. The third-order valence-corrected chi connectivity index (χ3v) is 5.11. The van der Waals surface area contributed by atoms with Crippen LogP contribution >= 0.6 is 22.9 Å². The van der Waals surface area contributed by atoms with Crippen LogP contribution < -0.4 is 4.90 Å². The summed E-state index contributed by atoms with van der Waals surface area (Å²) in [6.07, 6.45) is 0.617. The quantitative estimate of drug-likeness (QED) is 0.600. The van der Waals surface area contributed by atoms with Crippen LogP contribution in [0.3, 0.4) is 0 Å². The summed E-state index contributed by atoms with van der Waals surface area (Å²) in [5, 5.41) is 6.20. The molecule has 0 aliphatic heterocycles. The number of ether oxygens (including phenoxy) is 1. The SMILES string of the molecule is CCc1nnsc1C(=O)OCc1csc(N(C(C)=O)c2ccccc2)n1. The predicted octanol–water partition coefficient (Wildman–Crippen LogP) is 3.60. The highest BCUT2D eigenvalue weighted by Crippen LogP contribution is 2.29. The minimum Gasteiger partial charge on any atom is -0.455 e. The van der Waals surface area contributed by atoms with Crippen LogP contribution in [0.25, 0.3) is 0 Å². The van der Waals surface area contributed by atoms with E-state index in [1.165, 1.54) is 23.2 Å². The molecule has 0 N–H and O–H groups in total. The lowest BCUT2D eigenvalue weighted by molar-refractivity contribution is -0.115. The zero-order chi connectivity index (χ0) is 18.5. The van der Waals surface area contributed by atoms with Gasteiger partial charge in [0.05, 0.1) is 17.1 Å². The van der Waals surface area contributed by atoms with Crippen LogP contribution in [-0.4, -0.2) is 26.4 Å². The summed E-state index contributed by atoms with van der Waals surface area (Å²) in [6.45, 7) is 3.41. The second kappa shape index (κ2) is 8.15. The van der Waals surface area contributed by atoms with E-state index in [2.05, 4.69) is 14.6 Å². The summed E-state index contributed by atoms with van der Waals surface area (Å²) in [6, 6.07) is 9.27. The van der Waals surface area contributed by atoms with Gasteiger partial charge in [0.25, 0.3) is 0 Å². The number of para-hydroxylation sites is 1. The molecular weight excluding hydrogens is 372 g/mol. The summed E-state index contributed by atoms with van der Waals surface area (Å²) in [5.74, 6) is -0.602. The normalized spacial score (nSPS) is 10.5. The van der Waals surface area contributed by atoms with Crippen molar-refractivity contribution in [1.29, 1.82) is 0 Å². The summed E-state index contributed by atoms with van der Waals surface area (Å²) >= 11 is 2.34. The minimum absolute atomic E-state index is 0.0247. The topological polar surface area (TPSA) is 85.3 Å². The van der Waals surface area contributed by atoms with Crippen molar-refractivity contribution in [1.82, 2.24) is 14.6 Å². The minimum atomic E-state index is -0.460. The first-order valence-corrected chi connectivity index (χ1v) is 9.54. The van der Waals surface area contributed by atoms with Crippen molar-refractivity contribution in [3.8, 4) is 0 Å². The number of hydrogen-bond acceptors (Lipinski definition) is 8. The number of nitrogens with zero attached hydrogens (tertiary/aromatic N) is 4. The molecule has 1 amide bonds. The molecule has 1 aromatic carbocycles. The van der Waals surface area contributed by atoms with Gasteiger partial charge in [-0.15, -0.1) is 16.4 Å². The number of anilines is 2. The number of carbonyl (C=O) groups is 2. The molecule has 0 bridgehead atoms. The Morgan fingerprint density at radius 1 is 1.23 bits per heavy atom. The van der Waals surface area contributed by atoms with E-state index in [9.17, 15) is 9.59 Å². The fourth-order valence-corrected chi connectivity index (χ4v) is 3.79. The Morgan fingerprint density at radius 3 is 2.69 bits per heavy atom. The Morgan fingerprint density at radius 2 is 2.00 bits per heavy atom. The monoisotopic (exact) mass is 388 g/mol. The van der Waals surface area contributed by atoms with Crippen molar-refractivity contribution < 1.29 is 14.3 Å². The Bertz CT molecular complexity index is 908. The fourth-order valence-electron chi connectivity index (χ4n) is 2.27. The molecule has 7 nitrogen and oxygen atoms in total. The molecule has 2 heterocycles. The van der Waals surface area contributed by atoms with Crippen molar-refractivity contribution >= 4 is 45.6 Å². The van der Waals surface area contributed by atoms with Gasteiger partial charge in [-0.3, -0.25) is 9.69 Å². The number of aromatic nitrogens is 3. The van der Waals surface area contributed by atoms with Crippen molar-refractivity contribution in [2.24, 2.45) is 0 Å². The van der Waals surface area contributed by atoms with Crippen LogP contribution in [0.4, 0.5) is 10.8 Å². The number of rotatable bonds is 6. The molecule has 9 heteroatoms. The van der Waals surface area contributed by atoms with Crippen molar-refractivity contribution in [2.75, 3.05) is 4.90 Å². The zero-order valence-electron chi connectivity index (χ0n) is 14.2. The molecule has 0 unspecified atom stereocenters. The third-order valence-electron chi connectivity index (χ3n) is 3.49. The third kappa shape index (κ3) is 3.94. The molecule has 0 aliphatic rings. The standard InChI is InChI=1S/C17H16N4O3S2/c1-3-14-15(26-20-19-14)16(23)24-9-12-10-25-17(18-12)21(11(2)22)13-7-5-4-6-8-13/h4-8,10H,3,9H2,1-2H3. The zero-order valence-corrected chi connectivity index (χ0v) is 15.8. The molecular formula is C17H16N4O3S2. The number of amides is 1. The largest absolute Gasteiger partial charge is 0.455 e. The second-order valence-corrected chi connectivity index (χ2v) is 6.88. The summed E-state index contributed by atoms with van der Waals surface area (Å²) in [4.78, 5) is 30.6. The highest BCUT2D eigenvalue weighted by Gasteiger charge is 2.20. The van der Waals surface area contributed by atoms with Gasteiger partial charge < -0.3 is 4.74 Å². The maximum atomic E-state index is 12.1. The molecule has 0 radical (unpaired) electrons. The first-order chi connectivity index (χ1) is 12.6. The van der Waals surface area contributed by atoms with Gasteiger partial charge >= 0.3 is 5.97 Å². The highest BCUT2D eigenvalue weighted by atomic mass is 32.1. The number of aryl methyl sites for hydroxylation is 1. The van der Waals surface area contributed by atoms with Crippen LogP contribution in [-0.2, 0) is 22.6 Å². The number of hydrogen-bond donors (Lipinski definition) is 0. The summed E-state index contributed by atoms with van der Waals surface area (Å²) in [7, 11) is 0. The van der Waals surface area contributed by atoms with Crippen LogP contribution in [0.2, 0.25) is 0 Å². The van der Waals surface area contributed by atoms with Gasteiger partial charge in [0.2, 0.25) is 5.91 Å². The Balaban J connectivity index is 1.71. The van der Waals surface area contributed by atoms with Gasteiger partial charge in [0.1, 0.15) is 6.61 Å². The number of carbonyl (C=O) groups excluding carboxylic acids is 2. The number of esters is 1. The highest BCUT2D eigenvalue weighted by molar-refractivity contribution is 7.14. The van der Waals surface area contributed by atoms with Crippen molar-refractivity contribution in [2.45, 2.75) is 26.9 Å². The maximum Gasteiger partial charge on any atom is 0.352 e. The second-order valence-electron chi connectivity index (χ2n) is 5.29. The lowest BCUT2D eigenvalue weighted by Gasteiger charge is -2.17. The number of benzene rings is 1. The molecule has 0 saturated heterocycles. The van der Waals surface area contributed by atoms with Gasteiger partial charge in [0, 0.05) is 12.3 Å². The van der Waals surface area contributed by atoms with E-state index in [1.54, 1.807) is 5.38 Å². The first-order valence-electron chi connectivity index (χ1n) is 7.88. The van der Waals surface area contributed by atoms with Crippen LogP contribution in [0, 0.1) is 0 Å². The molecule has 2 aromatic heterocycles. The van der Waals surface area contributed by atoms with E-state index in [-0.39, 0.29) is 12.5 Å². The molecule has 0 spiro atoms. The van der Waals surface area contributed by atoms with Crippen molar-refractivity contribution in [3.63, 3.8) is 0 Å². The molecule has 26 heavy (non-hydrogen) atoms. The van der Waals surface area contributed by atoms with Gasteiger partial charge in [-0.2, -0.15) is 0 Å². The van der Waals surface area contributed by atoms with Crippen molar-refractivity contribution in [3.05, 3.63) is 52.0 Å². The molecule has 3 rings (SSSR count). The average Bonchev–Trinajstić information content (AvgIpc) is 3.30. The average molecular weight is 388 g/mol. The van der Waals surface area contributed by atoms with Gasteiger partial charge in [0.15, 0.2) is 10.0 Å². The van der Waals surface area contributed by atoms with Gasteiger partial charge in [-0.05, 0) is 30.1 Å². The number of thiazole rings is 1. The van der Waals surface area contributed by atoms with Gasteiger partial charge in [-0.1, -0.05) is 29.6 Å². The fraction of sp³-hybridized carbons (Fsp3) is 0.235. The summed E-state index contributed by atoms with van der Waals surface area (Å²) in [5.41, 5.74) is 1.95. The van der Waals surface area contributed by atoms with E-state index in [1.807, 2.05) is 37.3 Å². The van der Waals surface area contributed by atoms with Crippen LogP contribution in [0.1, 0.15) is 34.9 Å². The molecule has 3 aromatic rings. The molecule has 134 valence electrons. The van der Waals surface area contributed by atoms with Gasteiger partial charge in [-0.25, -0.2) is 9.78 Å². The lowest BCUT2D eigenvalue weighted by Crippen LogP contribution is -2.22. The predicted molar refractivity (Wildman–Crippen MR) is 99.8 cm³/mol. The van der Waals surface area contributed by atoms with E-state index < -0.39 is 5.97 Å². The first kappa shape index (κ1) is 18.2. The molecule has 0 atom stereocenters. The Labute approximate surface area is 158 Å². The Hall–Kier alpha value is -2.65. The smallest absolute Gasteiger partial charge is 0.352 e. The van der Waals surface area contributed by atoms with E-state index in [4.69, 9.17) is 4.74 Å². The Kier molecular flexibility index (Phi) is 5.69. The van der Waals surface area contributed by atoms with Crippen LogP contribution in [0.5, 0.6) is 0 Å². The molecule has 0 saturated carbocycles. The summed E-state index contributed by atoms with van der Waals surface area (Å²) < 4.78 is 9.09. The van der Waals surface area contributed by atoms with E-state index in [0.29, 0.717) is 27.8 Å². The maximum absolute atomic E-state index is 12.1. The lowest BCUT2D eigenvalue weighted by atomic mass is 10.3.